The highest BCUT2D eigenvalue weighted by molar-refractivity contribution is 5.97. The average Bonchev–Trinajstić information content (AvgIpc) is 2.59. The minimum Gasteiger partial charge on any atom is -0.483 e. The van der Waals surface area contributed by atoms with Crippen molar-refractivity contribution in [3.63, 3.8) is 0 Å². The number of benzene rings is 2. The van der Waals surface area contributed by atoms with Crippen LogP contribution in [0, 0.1) is 0 Å². The lowest BCUT2D eigenvalue weighted by atomic mass is 9.92. The molecular formula is C22H27NO3. The number of nitrogens with one attached hydrogen (secondary N) is 1. The fourth-order valence-corrected chi connectivity index (χ4v) is 2.90. The summed E-state index contributed by atoms with van der Waals surface area (Å²) in [4.78, 5) is 24.2. The zero-order valence-electron chi connectivity index (χ0n) is 16.1. The molecule has 0 aromatic heterocycles. The molecule has 0 aliphatic carbocycles. The van der Waals surface area contributed by atoms with Crippen molar-refractivity contribution in [2.24, 2.45) is 0 Å². The first-order chi connectivity index (χ1) is 12.3. The van der Waals surface area contributed by atoms with Crippen molar-refractivity contribution in [3.8, 4) is 5.75 Å². The number of hydrogen-bond acceptors (Lipinski definition) is 3. The van der Waals surface area contributed by atoms with E-state index in [1.165, 1.54) is 6.92 Å². The summed E-state index contributed by atoms with van der Waals surface area (Å²) in [7, 11) is 0. The number of carbonyl (C=O) groups is 2. The normalized spacial score (nSPS) is 10.9. The summed E-state index contributed by atoms with van der Waals surface area (Å²) in [5, 5.41) is 3.01. The second-order valence-corrected chi connectivity index (χ2v) is 7.01. The number of Topliss-reactive ketones (excluding diaryl/α,β-unsaturated/α-hetero) is 1. The van der Waals surface area contributed by atoms with Gasteiger partial charge in [-0.1, -0.05) is 58.0 Å². The molecule has 0 heterocycles. The molecule has 2 aromatic carbocycles. The van der Waals surface area contributed by atoms with Crippen LogP contribution in [0.15, 0.2) is 42.5 Å². The SMILES string of the molecule is CC(=O)c1ccccc1OCC(=O)Nc1c(C(C)C)cccc1C(C)C. The van der Waals surface area contributed by atoms with Crippen molar-refractivity contribution in [2.75, 3.05) is 11.9 Å². The molecule has 26 heavy (non-hydrogen) atoms. The Morgan fingerprint density at radius 3 is 2.04 bits per heavy atom. The minimum absolute atomic E-state index is 0.0896. The predicted molar refractivity (Wildman–Crippen MR) is 105 cm³/mol. The van der Waals surface area contributed by atoms with Gasteiger partial charge < -0.3 is 10.1 Å². The third-order valence-electron chi connectivity index (χ3n) is 4.26. The van der Waals surface area contributed by atoms with Crippen molar-refractivity contribution in [1.82, 2.24) is 0 Å². The van der Waals surface area contributed by atoms with E-state index >= 15 is 0 Å². The van der Waals surface area contributed by atoms with Gasteiger partial charge in [-0.25, -0.2) is 0 Å². The summed E-state index contributed by atoms with van der Waals surface area (Å²) in [6.45, 7) is 9.76. The van der Waals surface area contributed by atoms with Crippen LogP contribution < -0.4 is 10.1 Å². The molecule has 138 valence electrons. The molecular weight excluding hydrogens is 326 g/mol. The molecule has 4 nitrogen and oxygen atoms in total. The van der Waals surface area contributed by atoms with E-state index in [4.69, 9.17) is 4.74 Å². The molecule has 0 bridgehead atoms. The first-order valence-electron chi connectivity index (χ1n) is 8.96. The third kappa shape index (κ3) is 4.72. The fraction of sp³-hybridized carbons (Fsp3) is 0.364. The molecule has 0 atom stereocenters. The summed E-state index contributed by atoms with van der Waals surface area (Å²) in [5.41, 5.74) is 3.55. The lowest BCUT2D eigenvalue weighted by Crippen LogP contribution is -2.22. The van der Waals surface area contributed by atoms with Crippen LogP contribution in [0.1, 0.15) is 67.9 Å². The number of ketones is 1. The Balaban J connectivity index is 2.17. The van der Waals surface area contributed by atoms with E-state index in [0.717, 1.165) is 16.8 Å². The van der Waals surface area contributed by atoms with Crippen molar-refractivity contribution in [2.45, 2.75) is 46.5 Å². The lowest BCUT2D eigenvalue weighted by Gasteiger charge is -2.20. The average molecular weight is 353 g/mol. The Hall–Kier alpha value is -2.62. The topological polar surface area (TPSA) is 55.4 Å². The maximum atomic E-state index is 12.5. The Bertz CT molecular complexity index is 767. The smallest absolute Gasteiger partial charge is 0.262 e. The molecule has 0 aliphatic rings. The molecule has 2 aromatic rings. The summed E-state index contributed by atoms with van der Waals surface area (Å²) < 4.78 is 5.60. The quantitative estimate of drug-likeness (QED) is 0.700. The van der Waals surface area contributed by atoms with Gasteiger partial charge in [0.2, 0.25) is 0 Å². The molecule has 1 amide bonds. The van der Waals surface area contributed by atoms with E-state index in [0.29, 0.717) is 23.1 Å². The Labute approximate surface area is 155 Å². The Morgan fingerprint density at radius 1 is 0.923 bits per heavy atom. The molecule has 1 N–H and O–H groups in total. The van der Waals surface area contributed by atoms with E-state index in [9.17, 15) is 9.59 Å². The van der Waals surface area contributed by atoms with Gasteiger partial charge in [0.1, 0.15) is 5.75 Å². The monoisotopic (exact) mass is 353 g/mol. The van der Waals surface area contributed by atoms with Crippen LogP contribution in [0.3, 0.4) is 0 Å². The van der Waals surface area contributed by atoms with Gasteiger partial charge in [-0.15, -0.1) is 0 Å². The summed E-state index contributed by atoms with van der Waals surface area (Å²) in [5.74, 6) is 0.690. The van der Waals surface area contributed by atoms with Crippen LogP contribution in [-0.2, 0) is 4.79 Å². The van der Waals surface area contributed by atoms with Crippen molar-refractivity contribution < 1.29 is 14.3 Å². The van der Waals surface area contributed by atoms with Crippen LogP contribution in [0.2, 0.25) is 0 Å². The van der Waals surface area contributed by atoms with Crippen LogP contribution in [0.5, 0.6) is 5.75 Å². The molecule has 0 saturated heterocycles. The summed E-state index contributed by atoms with van der Waals surface area (Å²) >= 11 is 0. The highest BCUT2D eigenvalue weighted by atomic mass is 16.5. The van der Waals surface area contributed by atoms with Crippen molar-refractivity contribution in [3.05, 3.63) is 59.2 Å². The number of ether oxygens (including phenoxy) is 1. The van der Waals surface area contributed by atoms with E-state index in [-0.39, 0.29) is 18.3 Å². The van der Waals surface area contributed by atoms with E-state index in [1.54, 1.807) is 24.3 Å². The second-order valence-electron chi connectivity index (χ2n) is 7.01. The van der Waals surface area contributed by atoms with Gasteiger partial charge in [0, 0.05) is 5.69 Å². The number of hydrogen-bond donors (Lipinski definition) is 1. The largest absolute Gasteiger partial charge is 0.483 e. The molecule has 0 spiro atoms. The van der Waals surface area contributed by atoms with Crippen LogP contribution in [0.4, 0.5) is 5.69 Å². The van der Waals surface area contributed by atoms with Gasteiger partial charge in [-0.3, -0.25) is 9.59 Å². The molecule has 0 saturated carbocycles. The van der Waals surface area contributed by atoms with Crippen LogP contribution in [-0.4, -0.2) is 18.3 Å². The minimum atomic E-state index is -0.238. The number of rotatable bonds is 7. The van der Waals surface area contributed by atoms with Gasteiger partial charge in [0.15, 0.2) is 12.4 Å². The zero-order valence-corrected chi connectivity index (χ0v) is 16.1. The second kappa shape index (κ2) is 8.65. The highest BCUT2D eigenvalue weighted by Crippen LogP contribution is 2.32. The van der Waals surface area contributed by atoms with Gasteiger partial charge in [-0.2, -0.15) is 0 Å². The standard InChI is InChI=1S/C22H27NO3/c1-14(2)17-10-8-11-18(15(3)4)22(17)23-21(25)13-26-20-12-7-6-9-19(20)16(5)24/h6-12,14-15H,13H2,1-5H3,(H,23,25). The first kappa shape index (κ1) is 19.7. The zero-order chi connectivity index (χ0) is 19.3. The van der Waals surface area contributed by atoms with Gasteiger partial charge in [0.05, 0.1) is 5.56 Å². The molecule has 4 heteroatoms. The van der Waals surface area contributed by atoms with Crippen molar-refractivity contribution >= 4 is 17.4 Å². The lowest BCUT2D eigenvalue weighted by molar-refractivity contribution is -0.118. The number of carbonyl (C=O) groups excluding carboxylic acids is 2. The summed E-state index contributed by atoms with van der Waals surface area (Å²) in [6, 6.07) is 13.1. The summed E-state index contributed by atoms with van der Waals surface area (Å²) in [6.07, 6.45) is 0. The Morgan fingerprint density at radius 2 is 1.50 bits per heavy atom. The highest BCUT2D eigenvalue weighted by Gasteiger charge is 2.16. The molecule has 0 radical (unpaired) electrons. The number of amides is 1. The maximum absolute atomic E-state index is 12.5. The van der Waals surface area contributed by atoms with Gasteiger partial charge in [-0.05, 0) is 42.0 Å². The molecule has 0 unspecified atom stereocenters. The van der Waals surface area contributed by atoms with Gasteiger partial charge >= 0.3 is 0 Å². The maximum Gasteiger partial charge on any atom is 0.262 e. The van der Waals surface area contributed by atoms with E-state index < -0.39 is 0 Å². The van der Waals surface area contributed by atoms with Gasteiger partial charge in [0.25, 0.3) is 5.91 Å². The molecule has 0 fully saturated rings. The van der Waals surface area contributed by atoms with E-state index in [2.05, 4.69) is 33.0 Å². The third-order valence-corrected chi connectivity index (χ3v) is 4.26. The van der Waals surface area contributed by atoms with E-state index in [1.807, 2.05) is 18.2 Å². The fourth-order valence-electron chi connectivity index (χ4n) is 2.90. The number of para-hydroxylation sites is 2. The molecule has 0 aliphatic heterocycles. The molecule has 2 rings (SSSR count). The first-order valence-corrected chi connectivity index (χ1v) is 8.96. The Kier molecular flexibility index (Phi) is 6.56. The number of anilines is 1. The van der Waals surface area contributed by atoms with Crippen LogP contribution >= 0.6 is 0 Å². The van der Waals surface area contributed by atoms with Crippen molar-refractivity contribution in [1.29, 1.82) is 0 Å². The van der Waals surface area contributed by atoms with Crippen LogP contribution in [0.25, 0.3) is 0 Å². The predicted octanol–water partition coefficient (Wildman–Crippen LogP) is 5.15.